The van der Waals surface area contributed by atoms with E-state index in [1.165, 1.54) is 22.9 Å². The highest BCUT2D eigenvalue weighted by Gasteiger charge is 2.28. The Morgan fingerprint density at radius 2 is 1.96 bits per heavy atom. The number of hydrogen-bond acceptors (Lipinski definition) is 5. The van der Waals surface area contributed by atoms with Crippen LogP contribution in [0.3, 0.4) is 0 Å². The maximum absolute atomic E-state index is 12.0. The lowest BCUT2D eigenvalue weighted by Gasteiger charge is -2.08. The second-order valence-corrected chi connectivity index (χ2v) is 5.30. The third-order valence-electron chi connectivity index (χ3n) is 3.27. The van der Waals surface area contributed by atoms with Gasteiger partial charge in [0.15, 0.2) is 6.61 Å². The maximum atomic E-state index is 12.0. The van der Waals surface area contributed by atoms with Gasteiger partial charge in [0.2, 0.25) is 5.88 Å². The molecule has 0 spiro atoms. The topological polar surface area (TPSA) is 69.9 Å². The van der Waals surface area contributed by atoms with Gasteiger partial charge >= 0.3 is 6.18 Å². The zero-order valence-corrected chi connectivity index (χ0v) is 12.0. The van der Waals surface area contributed by atoms with Crippen LogP contribution in [0, 0.1) is 0 Å². The largest absolute Gasteiger partial charge is 0.467 e. The van der Waals surface area contributed by atoms with Gasteiger partial charge in [-0.15, -0.1) is 10.2 Å². The summed E-state index contributed by atoms with van der Waals surface area (Å²) >= 11 is 0. The Bertz CT molecular complexity index is 739. The second kappa shape index (κ2) is 5.98. The van der Waals surface area contributed by atoms with Crippen LogP contribution in [0.4, 0.5) is 13.2 Å². The molecule has 1 fully saturated rings. The Labute approximate surface area is 128 Å². The molecular weight excluding hydrogens is 313 g/mol. The monoisotopic (exact) mass is 326 g/mol. The highest BCUT2D eigenvalue weighted by molar-refractivity contribution is 5.14. The summed E-state index contributed by atoms with van der Waals surface area (Å²) in [6.07, 6.45) is -2.30. The molecule has 122 valence electrons. The van der Waals surface area contributed by atoms with Crippen LogP contribution in [0.5, 0.6) is 5.88 Å². The standard InChI is InChI=1S/C14H13F3N4O2/c15-14(16,17)8-23-12-5-3-10(18-19-12)7-21-13(22)6-4-11(20-21)9-1-2-9/h3-6,9H,1-2,7-8H2. The Hall–Kier alpha value is -2.45. The molecule has 0 amide bonds. The van der Waals surface area contributed by atoms with E-state index in [0.717, 1.165) is 18.5 Å². The molecule has 23 heavy (non-hydrogen) atoms. The minimum Gasteiger partial charge on any atom is -0.467 e. The van der Waals surface area contributed by atoms with E-state index >= 15 is 0 Å². The first-order chi connectivity index (χ1) is 10.9. The smallest absolute Gasteiger partial charge is 0.422 e. The molecule has 0 N–H and O–H groups in total. The fraction of sp³-hybridized carbons (Fsp3) is 0.429. The maximum Gasteiger partial charge on any atom is 0.422 e. The first kappa shape index (κ1) is 15.4. The van der Waals surface area contributed by atoms with Gasteiger partial charge in [0, 0.05) is 18.1 Å². The molecule has 0 aromatic carbocycles. The van der Waals surface area contributed by atoms with E-state index in [1.807, 2.05) is 0 Å². The van der Waals surface area contributed by atoms with Crippen molar-refractivity contribution < 1.29 is 17.9 Å². The first-order valence-electron chi connectivity index (χ1n) is 7.01. The van der Waals surface area contributed by atoms with Crippen molar-refractivity contribution in [1.29, 1.82) is 0 Å². The molecule has 1 aliphatic carbocycles. The number of nitrogens with zero attached hydrogens (tertiary/aromatic N) is 4. The fourth-order valence-electron chi connectivity index (χ4n) is 1.99. The van der Waals surface area contributed by atoms with Gasteiger partial charge in [0.1, 0.15) is 0 Å². The van der Waals surface area contributed by atoms with Crippen molar-refractivity contribution in [1.82, 2.24) is 20.0 Å². The van der Waals surface area contributed by atoms with E-state index < -0.39 is 12.8 Å². The van der Waals surface area contributed by atoms with Crippen LogP contribution in [-0.2, 0) is 6.54 Å². The van der Waals surface area contributed by atoms with Crippen LogP contribution in [0.15, 0.2) is 29.1 Å². The Morgan fingerprint density at radius 3 is 2.57 bits per heavy atom. The van der Waals surface area contributed by atoms with Gasteiger partial charge in [0.25, 0.3) is 5.56 Å². The van der Waals surface area contributed by atoms with Gasteiger partial charge in [-0.25, -0.2) is 4.68 Å². The second-order valence-electron chi connectivity index (χ2n) is 5.30. The summed E-state index contributed by atoms with van der Waals surface area (Å²) < 4.78 is 41.9. The molecule has 0 bridgehead atoms. The molecular formula is C14H13F3N4O2. The third kappa shape index (κ3) is 4.27. The molecule has 9 heteroatoms. The predicted octanol–water partition coefficient (Wildman–Crippen LogP) is 1.90. The molecule has 2 heterocycles. The molecule has 1 saturated carbocycles. The van der Waals surface area contributed by atoms with E-state index in [-0.39, 0.29) is 18.0 Å². The molecule has 0 saturated heterocycles. The van der Waals surface area contributed by atoms with Gasteiger partial charge in [-0.05, 0) is 25.0 Å². The van der Waals surface area contributed by atoms with Gasteiger partial charge in [-0.3, -0.25) is 4.79 Å². The number of ether oxygens (including phenoxy) is 1. The minimum absolute atomic E-state index is 0.103. The number of hydrogen-bond donors (Lipinski definition) is 0. The van der Waals surface area contributed by atoms with Gasteiger partial charge in [-0.1, -0.05) is 0 Å². The normalized spacial score (nSPS) is 14.7. The van der Waals surface area contributed by atoms with E-state index in [1.54, 1.807) is 6.07 Å². The molecule has 2 aromatic heterocycles. The van der Waals surface area contributed by atoms with Crippen molar-refractivity contribution in [3.05, 3.63) is 46.0 Å². The first-order valence-corrected chi connectivity index (χ1v) is 7.01. The summed E-state index contributed by atoms with van der Waals surface area (Å²) in [5, 5.41) is 11.6. The van der Waals surface area contributed by atoms with Crippen LogP contribution in [0.25, 0.3) is 0 Å². The van der Waals surface area contributed by atoms with Crippen LogP contribution >= 0.6 is 0 Å². The average molecular weight is 326 g/mol. The van der Waals surface area contributed by atoms with Crippen LogP contribution in [-0.4, -0.2) is 32.8 Å². The van der Waals surface area contributed by atoms with Crippen molar-refractivity contribution in [3.8, 4) is 5.88 Å². The minimum atomic E-state index is -4.43. The zero-order valence-electron chi connectivity index (χ0n) is 12.0. The van der Waals surface area contributed by atoms with Crippen LogP contribution in [0.2, 0.25) is 0 Å². The van der Waals surface area contributed by atoms with E-state index in [9.17, 15) is 18.0 Å². The Kier molecular flexibility index (Phi) is 4.01. The molecule has 1 aliphatic rings. The summed E-state index contributed by atoms with van der Waals surface area (Å²) in [6, 6.07) is 5.91. The molecule has 0 atom stereocenters. The van der Waals surface area contributed by atoms with E-state index in [4.69, 9.17) is 0 Å². The lowest BCUT2D eigenvalue weighted by atomic mass is 10.3. The molecule has 6 nitrogen and oxygen atoms in total. The lowest BCUT2D eigenvalue weighted by Crippen LogP contribution is -2.24. The average Bonchev–Trinajstić information content (AvgIpc) is 3.33. The van der Waals surface area contributed by atoms with E-state index in [0.29, 0.717) is 11.6 Å². The highest BCUT2D eigenvalue weighted by Crippen LogP contribution is 2.38. The summed E-state index contributed by atoms with van der Waals surface area (Å²) in [5.74, 6) is 0.184. The lowest BCUT2D eigenvalue weighted by molar-refractivity contribution is -0.154. The van der Waals surface area contributed by atoms with Gasteiger partial charge in [0.05, 0.1) is 17.9 Å². The van der Waals surface area contributed by atoms with E-state index in [2.05, 4.69) is 20.0 Å². The molecule has 0 radical (unpaired) electrons. The molecule has 0 unspecified atom stereocenters. The fourth-order valence-corrected chi connectivity index (χ4v) is 1.99. The number of halogens is 3. The number of aromatic nitrogens is 4. The van der Waals surface area contributed by atoms with Crippen LogP contribution < -0.4 is 10.3 Å². The highest BCUT2D eigenvalue weighted by atomic mass is 19.4. The summed E-state index contributed by atoms with van der Waals surface area (Å²) in [5.41, 5.74) is 1.00. The zero-order chi connectivity index (χ0) is 16.4. The van der Waals surface area contributed by atoms with Crippen molar-refractivity contribution in [2.45, 2.75) is 31.5 Å². The van der Waals surface area contributed by atoms with Crippen molar-refractivity contribution in [2.75, 3.05) is 6.61 Å². The molecule has 3 rings (SSSR count). The van der Waals surface area contributed by atoms with Gasteiger partial charge in [-0.2, -0.15) is 18.3 Å². The predicted molar refractivity (Wildman–Crippen MR) is 73.2 cm³/mol. The third-order valence-corrected chi connectivity index (χ3v) is 3.27. The van der Waals surface area contributed by atoms with Gasteiger partial charge < -0.3 is 4.74 Å². The number of rotatable bonds is 5. The summed E-state index contributed by atoms with van der Waals surface area (Å²) in [4.78, 5) is 11.8. The van der Waals surface area contributed by atoms with Crippen molar-refractivity contribution >= 4 is 0 Å². The quantitative estimate of drug-likeness (QED) is 0.839. The summed E-state index contributed by atoms with van der Waals surface area (Å²) in [6.45, 7) is -1.32. The molecule has 0 aliphatic heterocycles. The summed E-state index contributed by atoms with van der Waals surface area (Å²) in [7, 11) is 0. The number of alkyl halides is 3. The Morgan fingerprint density at radius 1 is 1.17 bits per heavy atom. The Balaban J connectivity index is 1.68. The van der Waals surface area contributed by atoms with Crippen molar-refractivity contribution in [2.24, 2.45) is 0 Å². The van der Waals surface area contributed by atoms with Crippen molar-refractivity contribution in [3.63, 3.8) is 0 Å². The SMILES string of the molecule is O=c1ccc(C2CC2)nn1Cc1ccc(OCC(F)(F)F)nn1. The molecule has 2 aromatic rings. The van der Waals surface area contributed by atoms with Crippen LogP contribution in [0.1, 0.15) is 30.1 Å².